The lowest BCUT2D eigenvalue weighted by Crippen LogP contribution is -2.39. The average Bonchev–Trinajstić information content (AvgIpc) is 3.92. The number of halogens is 2. The van der Waals surface area contributed by atoms with Gasteiger partial charge in [0.1, 0.15) is 11.5 Å². The third kappa shape index (κ3) is 7.70. The summed E-state index contributed by atoms with van der Waals surface area (Å²) in [5.41, 5.74) is 5.51. The Labute approximate surface area is 329 Å². The molecule has 2 fully saturated rings. The van der Waals surface area contributed by atoms with Crippen LogP contribution in [0.3, 0.4) is 0 Å². The summed E-state index contributed by atoms with van der Waals surface area (Å²) in [6.45, 7) is 2.61. The smallest absolute Gasteiger partial charge is 0.269 e. The number of amides is 4. The largest absolute Gasteiger partial charge is 0.369 e. The fourth-order valence-corrected chi connectivity index (χ4v) is 8.44. The minimum Gasteiger partial charge on any atom is -0.369 e. The molecule has 2 aromatic heterocycles. The molecule has 0 bridgehead atoms. The molecule has 5 heterocycles. The van der Waals surface area contributed by atoms with E-state index in [1.165, 1.54) is 11.0 Å². The van der Waals surface area contributed by atoms with E-state index < -0.39 is 11.7 Å². The molecule has 8 rings (SSSR count). The van der Waals surface area contributed by atoms with E-state index >= 15 is 8.78 Å². The van der Waals surface area contributed by atoms with Crippen molar-refractivity contribution in [2.45, 2.75) is 56.9 Å². The lowest BCUT2D eigenvalue weighted by molar-refractivity contribution is -0.134. The highest BCUT2D eigenvalue weighted by atomic mass is 19.1. The zero-order chi connectivity index (χ0) is 39.8. The second-order valence-corrected chi connectivity index (χ2v) is 15.4. The van der Waals surface area contributed by atoms with Gasteiger partial charge in [-0.15, -0.1) is 0 Å². The summed E-state index contributed by atoms with van der Waals surface area (Å²) in [7, 11) is 3.31. The molecule has 3 aliphatic heterocycles. The Morgan fingerprint density at radius 3 is 2.40 bits per heavy atom. The number of nitrogens with one attached hydrogen (secondary N) is 2. The van der Waals surface area contributed by atoms with Crippen molar-refractivity contribution >= 4 is 45.8 Å². The summed E-state index contributed by atoms with van der Waals surface area (Å²) in [5, 5.41) is 7.13. The number of aromatic amines is 1. The number of aryl methyl sites for hydroxylation is 1. The first-order valence-electron chi connectivity index (χ1n) is 19.5. The molecule has 1 atom stereocenters. The van der Waals surface area contributed by atoms with Crippen LogP contribution in [0.4, 0.5) is 14.5 Å². The second kappa shape index (κ2) is 15.8. The zero-order valence-electron chi connectivity index (χ0n) is 32.1. The Morgan fingerprint density at radius 1 is 0.930 bits per heavy atom. The van der Waals surface area contributed by atoms with Crippen LogP contribution in [0, 0.1) is 11.6 Å². The molecule has 5 aromatic rings. The lowest BCUT2D eigenvalue weighted by atomic mass is 9.87. The molecule has 57 heavy (non-hydrogen) atoms. The predicted octanol–water partition coefficient (Wildman–Crippen LogP) is 6.62. The van der Waals surface area contributed by atoms with Gasteiger partial charge in [-0.1, -0.05) is 36.4 Å². The van der Waals surface area contributed by atoms with Gasteiger partial charge in [-0.25, -0.2) is 8.78 Å². The molecule has 2 saturated heterocycles. The second-order valence-electron chi connectivity index (χ2n) is 15.4. The molecular weight excluding hydrogens is 729 g/mol. The van der Waals surface area contributed by atoms with Crippen molar-refractivity contribution in [3.63, 3.8) is 0 Å². The normalized spacial score (nSPS) is 17.8. The predicted molar refractivity (Wildman–Crippen MR) is 213 cm³/mol. The number of carbonyl (C=O) groups excluding carboxylic acids is 4. The van der Waals surface area contributed by atoms with Crippen LogP contribution < -0.4 is 10.2 Å². The van der Waals surface area contributed by atoms with Crippen LogP contribution in [0.25, 0.3) is 27.6 Å². The number of carbonyl (C=O) groups is 4. The van der Waals surface area contributed by atoms with Crippen molar-refractivity contribution < 1.29 is 28.0 Å². The average molecular weight is 774 g/mol. The van der Waals surface area contributed by atoms with Gasteiger partial charge in [0.25, 0.3) is 5.91 Å². The molecule has 11 nitrogen and oxygen atoms in total. The van der Waals surface area contributed by atoms with E-state index in [0.717, 1.165) is 35.1 Å². The van der Waals surface area contributed by atoms with E-state index in [0.29, 0.717) is 61.2 Å². The first-order valence-corrected chi connectivity index (χ1v) is 19.5. The minimum atomic E-state index is -0.536. The van der Waals surface area contributed by atoms with Gasteiger partial charge in [0.15, 0.2) is 5.82 Å². The highest BCUT2D eigenvalue weighted by molar-refractivity contribution is 6.04. The molecule has 4 amide bonds. The maximum Gasteiger partial charge on any atom is 0.269 e. The number of fused-ring (bicyclic) bond motifs is 1. The van der Waals surface area contributed by atoms with Crippen molar-refractivity contribution in [2.24, 2.45) is 0 Å². The van der Waals surface area contributed by atoms with Crippen LogP contribution in [0.1, 0.15) is 77.5 Å². The topological polar surface area (TPSA) is 124 Å². The van der Waals surface area contributed by atoms with E-state index in [9.17, 15) is 19.2 Å². The number of imide groups is 1. The molecular formula is C44H45F2N7O4. The Bertz CT molecular complexity index is 2380. The molecule has 0 spiro atoms. The van der Waals surface area contributed by atoms with Crippen molar-refractivity contribution in [3.05, 3.63) is 113 Å². The van der Waals surface area contributed by atoms with Crippen molar-refractivity contribution in [1.82, 2.24) is 29.9 Å². The number of H-pyrrole nitrogens is 1. The molecule has 0 saturated carbocycles. The van der Waals surface area contributed by atoms with Gasteiger partial charge in [-0.05, 0) is 89.8 Å². The third-order valence-corrected chi connectivity index (χ3v) is 11.6. The number of anilines is 1. The molecule has 2 N–H and O–H groups in total. The van der Waals surface area contributed by atoms with Crippen LogP contribution in [-0.2, 0) is 20.9 Å². The summed E-state index contributed by atoms with van der Waals surface area (Å²) in [6.07, 6.45) is 8.62. The fourth-order valence-electron chi connectivity index (χ4n) is 8.44. The molecule has 0 radical (unpaired) electrons. The van der Waals surface area contributed by atoms with Gasteiger partial charge < -0.3 is 19.7 Å². The highest BCUT2D eigenvalue weighted by Gasteiger charge is 2.30. The summed E-state index contributed by atoms with van der Waals surface area (Å²) in [4.78, 5) is 58.5. The van der Waals surface area contributed by atoms with E-state index in [4.69, 9.17) is 0 Å². The van der Waals surface area contributed by atoms with E-state index in [1.54, 1.807) is 48.1 Å². The molecule has 3 aromatic carbocycles. The van der Waals surface area contributed by atoms with E-state index in [1.807, 2.05) is 41.4 Å². The quantitative estimate of drug-likeness (QED) is 0.163. The van der Waals surface area contributed by atoms with Gasteiger partial charge in [0, 0.05) is 83.0 Å². The number of hydrogen-bond donors (Lipinski definition) is 2. The van der Waals surface area contributed by atoms with Crippen LogP contribution in [-0.4, -0.2) is 88.5 Å². The number of piperidine rings is 2. The number of rotatable bonds is 9. The van der Waals surface area contributed by atoms with Gasteiger partial charge >= 0.3 is 0 Å². The molecule has 13 heteroatoms. The number of nitrogens with zero attached hydrogens (tertiary/aromatic N) is 5. The lowest BCUT2D eigenvalue weighted by Gasteiger charge is -2.34. The summed E-state index contributed by atoms with van der Waals surface area (Å²) in [5.74, 6) is -2.09. The van der Waals surface area contributed by atoms with Crippen LogP contribution in [0.5, 0.6) is 0 Å². The zero-order valence-corrected chi connectivity index (χ0v) is 32.1. The van der Waals surface area contributed by atoms with E-state index in [-0.39, 0.29) is 66.0 Å². The first kappa shape index (κ1) is 37.8. The maximum atomic E-state index is 16.5. The van der Waals surface area contributed by atoms with Crippen LogP contribution >= 0.6 is 0 Å². The van der Waals surface area contributed by atoms with Gasteiger partial charge in [0.05, 0.1) is 17.1 Å². The summed E-state index contributed by atoms with van der Waals surface area (Å²) in [6, 6.07) is 18.6. The molecule has 0 unspecified atom stereocenters. The van der Waals surface area contributed by atoms with Gasteiger partial charge in [-0.2, -0.15) is 5.10 Å². The van der Waals surface area contributed by atoms with Gasteiger partial charge in [0.2, 0.25) is 17.7 Å². The Hall–Kier alpha value is -6.11. The van der Waals surface area contributed by atoms with Crippen LogP contribution in [0.2, 0.25) is 0 Å². The monoisotopic (exact) mass is 773 g/mol. The Morgan fingerprint density at radius 2 is 1.70 bits per heavy atom. The summed E-state index contributed by atoms with van der Waals surface area (Å²) >= 11 is 0. The standard InChI is InChI=1S/C44H45F2N7O4/c1-50(2)44(57)37-25-35-33(24-34(41(46)42(35)48-37)31-5-3-18-52(26-31)40(55)16-22-53-19-4-17-47-53)29-8-6-27(7-9-29)28-14-20-51(21-15-28)38-12-10-30(23-36(38)45)32-11-13-39(54)49-43(32)56/h4-10,12,17,19,23-25,28,32,48H,3,11,13-16,18,20-22,26H2,1-2H3,(H,49,54,56)/t32-/m0/s1. The van der Waals surface area contributed by atoms with Gasteiger partial charge in [-0.3, -0.25) is 29.2 Å². The third-order valence-electron chi connectivity index (χ3n) is 11.6. The summed E-state index contributed by atoms with van der Waals surface area (Å²) < 4.78 is 33.7. The fraction of sp³-hybridized carbons (Fsp3) is 0.341. The molecule has 0 aliphatic carbocycles. The SMILES string of the molecule is CN(C)C(=O)c1cc2c(-c3ccc(C4CCN(c5ccc([C@@H]6CCC(=O)NC6=O)cc5F)CC4)cc3)cc(C3=CCCN(C(=O)CCn4cccn4)C3)c(F)c2[nH]1. The Balaban J connectivity index is 1.01. The minimum absolute atomic E-state index is 0.0224. The molecule has 294 valence electrons. The highest BCUT2D eigenvalue weighted by Crippen LogP contribution is 2.39. The first-order chi connectivity index (χ1) is 27.5. The number of hydrogen-bond acceptors (Lipinski definition) is 6. The molecule has 3 aliphatic rings. The van der Waals surface area contributed by atoms with Crippen molar-refractivity contribution in [3.8, 4) is 11.1 Å². The van der Waals surface area contributed by atoms with Crippen molar-refractivity contribution in [1.29, 1.82) is 0 Å². The number of benzene rings is 3. The van der Waals surface area contributed by atoms with Crippen LogP contribution in [0.15, 0.2) is 79.1 Å². The Kier molecular flexibility index (Phi) is 10.5. The van der Waals surface area contributed by atoms with E-state index in [2.05, 4.69) is 27.5 Å². The van der Waals surface area contributed by atoms with Crippen molar-refractivity contribution in [2.75, 3.05) is 45.2 Å². The number of aromatic nitrogens is 3. The maximum absolute atomic E-state index is 16.5.